The van der Waals surface area contributed by atoms with Crippen molar-refractivity contribution >= 4 is 50.1 Å². The fourth-order valence-electron chi connectivity index (χ4n) is 5.07. The lowest BCUT2D eigenvalue weighted by Crippen LogP contribution is -2.55. The summed E-state index contributed by atoms with van der Waals surface area (Å²) < 4.78 is 28.7. The molecule has 0 aromatic heterocycles. The first-order valence-corrected chi connectivity index (χ1v) is 14.6. The molecule has 2 N–H and O–H groups in total. The van der Waals surface area contributed by atoms with Crippen LogP contribution in [0.3, 0.4) is 0 Å². The lowest BCUT2D eigenvalue weighted by atomic mass is 10.0. The SMILES string of the molecule is C[C@@H](C(=O)N1CCCC(NC(=O)CN(C)C)C1)N1CC[C@H](NS(=O)(=O)c2ccc3cc(Cl)ccc3c2)C1=O. The first-order chi connectivity index (χ1) is 17.9. The highest BCUT2D eigenvalue weighted by atomic mass is 35.5. The molecule has 0 bridgehead atoms. The van der Waals surface area contributed by atoms with E-state index in [1.54, 1.807) is 47.1 Å². The van der Waals surface area contributed by atoms with Gasteiger partial charge < -0.3 is 20.0 Å². The van der Waals surface area contributed by atoms with Crippen molar-refractivity contribution in [3.63, 3.8) is 0 Å². The maximum absolute atomic E-state index is 13.3. The molecule has 0 radical (unpaired) electrons. The van der Waals surface area contributed by atoms with E-state index in [0.29, 0.717) is 23.5 Å². The van der Waals surface area contributed by atoms with E-state index in [1.165, 1.54) is 11.0 Å². The number of likely N-dealkylation sites (tertiary alicyclic amines) is 2. The normalized spacial score (nSPS) is 21.2. The molecule has 2 saturated heterocycles. The summed E-state index contributed by atoms with van der Waals surface area (Å²) in [6, 6.07) is 8.05. The van der Waals surface area contributed by atoms with E-state index in [0.717, 1.165) is 18.2 Å². The summed E-state index contributed by atoms with van der Waals surface area (Å²) >= 11 is 6.01. The van der Waals surface area contributed by atoms with E-state index in [4.69, 9.17) is 11.6 Å². The van der Waals surface area contributed by atoms with E-state index in [-0.39, 0.29) is 42.3 Å². The maximum Gasteiger partial charge on any atom is 0.245 e. The first-order valence-electron chi connectivity index (χ1n) is 12.7. The second kappa shape index (κ2) is 11.6. The minimum Gasteiger partial charge on any atom is -0.350 e. The quantitative estimate of drug-likeness (QED) is 0.501. The van der Waals surface area contributed by atoms with Gasteiger partial charge in [-0.1, -0.05) is 23.7 Å². The Morgan fingerprint density at radius 2 is 1.82 bits per heavy atom. The Labute approximate surface area is 228 Å². The standard InChI is InChI=1S/C26H34ClN5O5S/c1-17(25(34)31-11-4-5-21(15-31)28-24(33)16-30(2)3)32-12-10-23(26(32)35)29-38(36,37)22-9-7-18-13-20(27)8-6-19(18)14-22/h6-9,13-14,17,21,23,29H,4-5,10-12,15-16H2,1-3H3,(H,28,33)/t17-,21?,23-/m0/s1. The van der Waals surface area contributed by atoms with Crippen LogP contribution in [0.4, 0.5) is 0 Å². The second-order valence-corrected chi connectivity index (χ2v) is 12.4. The highest BCUT2D eigenvalue weighted by Crippen LogP contribution is 2.24. The van der Waals surface area contributed by atoms with Gasteiger partial charge in [0.15, 0.2) is 0 Å². The maximum atomic E-state index is 13.3. The summed E-state index contributed by atoms with van der Waals surface area (Å²) in [6.07, 6.45) is 1.80. The zero-order chi connectivity index (χ0) is 27.6. The molecule has 38 heavy (non-hydrogen) atoms. The largest absolute Gasteiger partial charge is 0.350 e. The van der Waals surface area contributed by atoms with E-state index < -0.39 is 28.0 Å². The van der Waals surface area contributed by atoms with Gasteiger partial charge in [0.1, 0.15) is 12.1 Å². The molecule has 3 amide bonds. The number of fused-ring (bicyclic) bond motifs is 1. The highest BCUT2D eigenvalue weighted by Gasteiger charge is 2.40. The van der Waals surface area contributed by atoms with E-state index in [9.17, 15) is 22.8 Å². The lowest BCUT2D eigenvalue weighted by Gasteiger charge is -2.36. The Balaban J connectivity index is 1.37. The Hall–Kier alpha value is -2.73. The summed E-state index contributed by atoms with van der Waals surface area (Å²) in [5.74, 6) is -0.723. The Bertz CT molecular complexity index is 1330. The Kier molecular flexibility index (Phi) is 8.61. The number of piperidine rings is 1. The summed E-state index contributed by atoms with van der Waals surface area (Å²) in [5, 5.41) is 5.06. The molecule has 12 heteroatoms. The van der Waals surface area contributed by atoms with Crippen LogP contribution < -0.4 is 10.0 Å². The molecule has 206 valence electrons. The van der Waals surface area contributed by atoms with Crippen molar-refractivity contribution in [1.82, 2.24) is 24.7 Å². The van der Waals surface area contributed by atoms with Crippen LogP contribution in [0.25, 0.3) is 10.8 Å². The van der Waals surface area contributed by atoms with Crippen molar-refractivity contribution in [3.05, 3.63) is 41.4 Å². The zero-order valence-electron chi connectivity index (χ0n) is 21.8. The summed E-state index contributed by atoms with van der Waals surface area (Å²) in [6.45, 7) is 3.14. The molecule has 2 aliphatic heterocycles. The third-order valence-corrected chi connectivity index (χ3v) is 8.71. The van der Waals surface area contributed by atoms with Crippen molar-refractivity contribution < 1.29 is 22.8 Å². The molecular weight excluding hydrogens is 530 g/mol. The number of nitrogens with zero attached hydrogens (tertiary/aromatic N) is 3. The smallest absolute Gasteiger partial charge is 0.245 e. The minimum absolute atomic E-state index is 0.0540. The molecule has 0 aliphatic carbocycles. The number of sulfonamides is 1. The van der Waals surface area contributed by atoms with Crippen molar-refractivity contribution in [2.45, 2.75) is 49.2 Å². The summed E-state index contributed by atoms with van der Waals surface area (Å²) in [7, 11) is -0.333. The number of amides is 3. The van der Waals surface area contributed by atoms with E-state index in [2.05, 4.69) is 10.0 Å². The monoisotopic (exact) mass is 563 g/mol. The van der Waals surface area contributed by atoms with E-state index in [1.807, 2.05) is 14.1 Å². The average Bonchev–Trinajstić information content (AvgIpc) is 3.21. The van der Waals surface area contributed by atoms with Crippen molar-refractivity contribution in [3.8, 4) is 0 Å². The zero-order valence-corrected chi connectivity index (χ0v) is 23.4. The van der Waals surface area contributed by atoms with E-state index >= 15 is 0 Å². The average molecular weight is 564 g/mol. The number of rotatable bonds is 8. The Morgan fingerprint density at radius 1 is 1.11 bits per heavy atom. The number of hydrogen-bond acceptors (Lipinski definition) is 6. The number of benzene rings is 2. The first kappa shape index (κ1) is 28.3. The number of carbonyl (C=O) groups excluding carboxylic acids is 3. The fraction of sp³-hybridized carbons (Fsp3) is 0.500. The molecular formula is C26H34ClN5O5S. The molecule has 2 fully saturated rings. The molecule has 2 heterocycles. The van der Waals surface area contributed by atoms with Gasteiger partial charge in [-0.2, -0.15) is 4.72 Å². The molecule has 2 aromatic rings. The van der Waals surface area contributed by atoms with Gasteiger partial charge in [0.05, 0.1) is 11.4 Å². The molecule has 4 rings (SSSR count). The van der Waals surface area contributed by atoms with Gasteiger partial charge in [-0.05, 0) is 75.3 Å². The van der Waals surface area contributed by atoms with Crippen LogP contribution in [0.1, 0.15) is 26.2 Å². The molecule has 10 nitrogen and oxygen atoms in total. The summed E-state index contributed by atoms with van der Waals surface area (Å²) in [4.78, 5) is 43.5. The molecule has 0 spiro atoms. The molecule has 1 unspecified atom stereocenters. The van der Waals surface area contributed by atoms with Gasteiger partial charge in [-0.3, -0.25) is 14.4 Å². The van der Waals surface area contributed by atoms with Crippen molar-refractivity contribution in [2.75, 3.05) is 40.3 Å². The topological polar surface area (TPSA) is 119 Å². The van der Waals surface area contributed by atoms with Gasteiger partial charge in [0.2, 0.25) is 27.7 Å². The van der Waals surface area contributed by atoms with Crippen LogP contribution in [0.15, 0.2) is 41.3 Å². The minimum atomic E-state index is -3.97. The highest BCUT2D eigenvalue weighted by molar-refractivity contribution is 7.89. The molecule has 2 aliphatic rings. The number of hydrogen-bond donors (Lipinski definition) is 2. The van der Waals surface area contributed by atoms with Crippen molar-refractivity contribution in [1.29, 1.82) is 0 Å². The van der Waals surface area contributed by atoms with Crippen LogP contribution in [0, 0.1) is 0 Å². The summed E-state index contributed by atoms with van der Waals surface area (Å²) in [5.41, 5.74) is 0. The van der Waals surface area contributed by atoms with Gasteiger partial charge in [-0.25, -0.2) is 8.42 Å². The predicted molar refractivity (Wildman–Crippen MR) is 145 cm³/mol. The van der Waals surface area contributed by atoms with Crippen LogP contribution in [-0.2, 0) is 24.4 Å². The number of likely N-dealkylation sites (N-methyl/N-ethyl adjacent to an activating group) is 1. The second-order valence-electron chi connectivity index (χ2n) is 10.3. The molecule has 0 saturated carbocycles. The number of nitrogens with one attached hydrogen (secondary N) is 2. The predicted octanol–water partition coefficient (Wildman–Crippen LogP) is 1.43. The van der Waals surface area contributed by atoms with Crippen molar-refractivity contribution in [2.24, 2.45) is 0 Å². The van der Waals surface area contributed by atoms with Crippen LogP contribution >= 0.6 is 11.6 Å². The lowest BCUT2D eigenvalue weighted by molar-refractivity contribution is -0.144. The molecule has 2 aromatic carbocycles. The van der Waals surface area contributed by atoms with Crippen LogP contribution in [0.2, 0.25) is 5.02 Å². The van der Waals surface area contributed by atoms with Gasteiger partial charge in [0, 0.05) is 30.7 Å². The molecule has 3 atom stereocenters. The van der Waals surface area contributed by atoms with Gasteiger partial charge in [0.25, 0.3) is 0 Å². The Morgan fingerprint density at radius 3 is 2.55 bits per heavy atom. The van der Waals surface area contributed by atoms with Crippen LogP contribution in [0.5, 0.6) is 0 Å². The van der Waals surface area contributed by atoms with Gasteiger partial charge in [-0.15, -0.1) is 0 Å². The number of carbonyl (C=O) groups is 3. The third kappa shape index (κ3) is 6.45. The van der Waals surface area contributed by atoms with Gasteiger partial charge >= 0.3 is 0 Å². The number of halogens is 1. The van der Waals surface area contributed by atoms with Crippen LogP contribution in [-0.4, -0.2) is 99.2 Å². The third-order valence-electron chi connectivity index (χ3n) is 7.00. The fourth-order valence-corrected chi connectivity index (χ4v) is 6.51.